The van der Waals surface area contributed by atoms with Crippen LogP contribution in [0, 0.1) is 0 Å². The average Bonchev–Trinajstić information content (AvgIpc) is 3.19. The lowest BCUT2D eigenvalue weighted by Crippen LogP contribution is -2.35. The van der Waals surface area contributed by atoms with Gasteiger partial charge in [-0.3, -0.25) is 4.79 Å². The van der Waals surface area contributed by atoms with Crippen molar-refractivity contribution in [1.29, 1.82) is 0 Å². The van der Waals surface area contributed by atoms with Crippen LogP contribution in [0.2, 0.25) is 0 Å². The zero-order valence-electron chi connectivity index (χ0n) is 17.7. The van der Waals surface area contributed by atoms with E-state index in [1.165, 1.54) is 6.33 Å². The van der Waals surface area contributed by atoms with Crippen molar-refractivity contribution in [2.75, 3.05) is 12.3 Å². The van der Waals surface area contributed by atoms with E-state index < -0.39 is 0 Å². The Morgan fingerprint density at radius 2 is 1.84 bits per heavy atom. The van der Waals surface area contributed by atoms with Gasteiger partial charge in [0, 0.05) is 30.8 Å². The number of aromatic nitrogens is 3. The summed E-state index contributed by atoms with van der Waals surface area (Å²) in [7, 11) is 0. The molecule has 2 aromatic carbocycles. The molecular weight excluding hydrogens is 406 g/mol. The number of benzene rings is 2. The maximum Gasteiger partial charge on any atom is 0.222 e. The molecule has 164 valence electrons. The summed E-state index contributed by atoms with van der Waals surface area (Å²) in [4.78, 5) is 20.7. The van der Waals surface area contributed by atoms with Gasteiger partial charge in [0.1, 0.15) is 29.3 Å². The number of nitrogens with one attached hydrogen (secondary N) is 1. The standard InChI is InChI=1S/C24H25N5O3/c1-16(14-30)28-21(31)11-12-29-13-20(22-23(25)26-15-27-24(22)29)17-7-9-19(10-8-17)32-18-5-3-2-4-6-18/h2-10,13,15-16,30H,11-12,14H2,1H3,(H,28,31)(H2,25,26,27). The largest absolute Gasteiger partial charge is 0.457 e. The van der Waals surface area contributed by atoms with Crippen molar-refractivity contribution in [3.8, 4) is 22.6 Å². The molecule has 4 rings (SSSR count). The quantitative estimate of drug-likeness (QED) is 0.394. The molecule has 0 aliphatic heterocycles. The van der Waals surface area contributed by atoms with E-state index in [-0.39, 0.29) is 25.0 Å². The Hall–Kier alpha value is -3.91. The zero-order valence-corrected chi connectivity index (χ0v) is 17.7. The van der Waals surface area contributed by atoms with Crippen LogP contribution in [-0.4, -0.2) is 38.2 Å². The van der Waals surface area contributed by atoms with Crippen molar-refractivity contribution < 1.29 is 14.6 Å². The summed E-state index contributed by atoms with van der Waals surface area (Å²) < 4.78 is 7.78. The number of anilines is 1. The molecular formula is C24H25N5O3. The summed E-state index contributed by atoms with van der Waals surface area (Å²) >= 11 is 0. The van der Waals surface area contributed by atoms with Crippen LogP contribution >= 0.6 is 0 Å². The summed E-state index contributed by atoms with van der Waals surface area (Å²) in [6.07, 6.45) is 3.61. The molecule has 1 unspecified atom stereocenters. The lowest BCUT2D eigenvalue weighted by Gasteiger charge is -2.11. The number of nitrogens with zero attached hydrogens (tertiary/aromatic N) is 3. The smallest absolute Gasteiger partial charge is 0.222 e. The van der Waals surface area contributed by atoms with Crippen LogP contribution in [0.3, 0.4) is 0 Å². The van der Waals surface area contributed by atoms with Crippen molar-refractivity contribution in [2.24, 2.45) is 0 Å². The number of hydrogen-bond donors (Lipinski definition) is 3. The highest BCUT2D eigenvalue weighted by Gasteiger charge is 2.16. The van der Waals surface area contributed by atoms with E-state index in [1.54, 1.807) is 6.92 Å². The number of aliphatic hydroxyl groups excluding tert-OH is 1. The fourth-order valence-corrected chi connectivity index (χ4v) is 3.48. The number of amides is 1. The average molecular weight is 431 g/mol. The van der Waals surface area contributed by atoms with E-state index >= 15 is 0 Å². The third-order valence-electron chi connectivity index (χ3n) is 5.09. The zero-order chi connectivity index (χ0) is 22.5. The normalized spacial score (nSPS) is 11.9. The van der Waals surface area contributed by atoms with Crippen LogP contribution in [0.1, 0.15) is 13.3 Å². The fraction of sp³-hybridized carbons (Fsp3) is 0.208. The molecule has 0 fully saturated rings. The van der Waals surface area contributed by atoms with Crippen molar-refractivity contribution in [3.05, 3.63) is 67.1 Å². The Labute approximate surface area is 185 Å². The minimum Gasteiger partial charge on any atom is -0.457 e. The minimum atomic E-state index is -0.283. The molecule has 32 heavy (non-hydrogen) atoms. The Kier molecular flexibility index (Phi) is 6.32. The highest BCUT2D eigenvalue weighted by atomic mass is 16.5. The van der Waals surface area contributed by atoms with E-state index in [0.29, 0.717) is 18.0 Å². The predicted octanol–water partition coefficient (Wildman–Crippen LogP) is 3.36. The number of fused-ring (bicyclic) bond motifs is 1. The van der Waals surface area contributed by atoms with Crippen molar-refractivity contribution >= 4 is 22.8 Å². The number of aryl methyl sites for hydroxylation is 1. The van der Waals surface area contributed by atoms with E-state index in [1.807, 2.05) is 65.4 Å². The molecule has 8 heteroatoms. The number of ether oxygens (including phenoxy) is 1. The van der Waals surface area contributed by atoms with Gasteiger partial charge >= 0.3 is 0 Å². The third-order valence-corrected chi connectivity index (χ3v) is 5.09. The number of carbonyl (C=O) groups excluding carboxylic acids is 1. The van der Waals surface area contributed by atoms with E-state index in [9.17, 15) is 4.79 Å². The highest BCUT2D eigenvalue weighted by molar-refractivity contribution is 6.00. The molecule has 4 N–H and O–H groups in total. The topological polar surface area (TPSA) is 115 Å². The lowest BCUT2D eigenvalue weighted by atomic mass is 10.1. The molecule has 0 bridgehead atoms. The van der Waals surface area contributed by atoms with Gasteiger partial charge < -0.3 is 25.5 Å². The summed E-state index contributed by atoms with van der Waals surface area (Å²) in [6.45, 7) is 2.07. The van der Waals surface area contributed by atoms with Gasteiger partial charge in [0.2, 0.25) is 5.91 Å². The monoisotopic (exact) mass is 431 g/mol. The van der Waals surface area contributed by atoms with Crippen molar-refractivity contribution in [2.45, 2.75) is 25.9 Å². The Morgan fingerprint density at radius 3 is 2.56 bits per heavy atom. The number of nitrogens with two attached hydrogens (primary N) is 1. The molecule has 0 aliphatic rings. The van der Waals surface area contributed by atoms with Gasteiger partial charge in [-0.05, 0) is 36.8 Å². The van der Waals surface area contributed by atoms with Gasteiger partial charge in [0.25, 0.3) is 0 Å². The predicted molar refractivity (Wildman–Crippen MR) is 123 cm³/mol. The number of para-hydroxylation sites is 1. The SMILES string of the molecule is CC(CO)NC(=O)CCn1cc(-c2ccc(Oc3ccccc3)cc2)c2c(N)ncnc21. The Bertz CT molecular complexity index is 1210. The molecule has 0 saturated heterocycles. The summed E-state index contributed by atoms with van der Waals surface area (Å²) in [5.74, 6) is 1.73. The van der Waals surface area contributed by atoms with Crippen LogP contribution < -0.4 is 15.8 Å². The summed E-state index contributed by atoms with van der Waals surface area (Å²) in [5.41, 5.74) is 8.67. The second-order valence-corrected chi connectivity index (χ2v) is 7.53. The Morgan fingerprint density at radius 1 is 1.12 bits per heavy atom. The van der Waals surface area contributed by atoms with Crippen LogP contribution in [0.15, 0.2) is 67.1 Å². The molecule has 0 spiro atoms. The first-order valence-corrected chi connectivity index (χ1v) is 10.4. The number of rotatable bonds is 8. The first kappa shape index (κ1) is 21.3. The molecule has 1 atom stereocenters. The summed E-state index contributed by atoms with van der Waals surface area (Å²) in [6, 6.07) is 17.0. The number of hydrogen-bond acceptors (Lipinski definition) is 6. The third kappa shape index (κ3) is 4.70. The number of aliphatic hydroxyl groups is 1. The van der Waals surface area contributed by atoms with Crippen LogP contribution in [0.25, 0.3) is 22.2 Å². The van der Waals surface area contributed by atoms with Gasteiger partial charge in [-0.2, -0.15) is 0 Å². The van der Waals surface area contributed by atoms with Crippen LogP contribution in [0.4, 0.5) is 5.82 Å². The first-order valence-electron chi connectivity index (χ1n) is 10.4. The lowest BCUT2D eigenvalue weighted by molar-refractivity contribution is -0.122. The van der Waals surface area contributed by atoms with E-state index in [0.717, 1.165) is 28.0 Å². The second kappa shape index (κ2) is 9.49. The molecule has 2 aromatic heterocycles. The Balaban J connectivity index is 1.59. The highest BCUT2D eigenvalue weighted by Crippen LogP contribution is 2.34. The van der Waals surface area contributed by atoms with Gasteiger partial charge in [0.05, 0.1) is 12.0 Å². The maximum absolute atomic E-state index is 12.1. The van der Waals surface area contributed by atoms with Crippen LogP contribution in [0.5, 0.6) is 11.5 Å². The fourth-order valence-electron chi connectivity index (χ4n) is 3.48. The molecule has 0 saturated carbocycles. The molecule has 0 radical (unpaired) electrons. The summed E-state index contributed by atoms with van der Waals surface area (Å²) in [5, 5.41) is 12.6. The van der Waals surface area contributed by atoms with E-state index in [2.05, 4.69) is 15.3 Å². The molecule has 8 nitrogen and oxygen atoms in total. The molecule has 4 aromatic rings. The molecule has 0 aliphatic carbocycles. The van der Waals surface area contributed by atoms with Crippen LogP contribution in [-0.2, 0) is 11.3 Å². The number of carbonyl (C=O) groups is 1. The maximum atomic E-state index is 12.1. The molecule has 1 amide bonds. The number of nitrogen functional groups attached to an aromatic ring is 1. The van der Waals surface area contributed by atoms with Gasteiger partial charge in [-0.25, -0.2) is 9.97 Å². The van der Waals surface area contributed by atoms with Gasteiger partial charge in [-0.15, -0.1) is 0 Å². The molecule has 2 heterocycles. The van der Waals surface area contributed by atoms with Gasteiger partial charge in [0.15, 0.2) is 0 Å². The van der Waals surface area contributed by atoms with Crippen molar-refractivity contribution in [1.82, 2.24) is 19.9 Å². The van der Waals surface area contributed by atoms with E-state index in [4.69, 9.17) is 15.6 Å². The second-order valence-electron chi connectivity index (χ2n) is 7.53. The minimum absolute atomic E-state index is 0.101. The first-order chi connectivity index (χ1) is 15.5. The van der Waals surface area contributed by atoms with Crippen molar-refractivity contribution in [3.63, 3.8) is 0 Å². The van der Waals surface area contributed by atoms with Gasteiger partial charge in [-0.1, -0.05) is 30.3 Å².